The second-order valence-electron chi connectivity index (χ2n) is 7.62. The van der Waals surface area contributed by atoms with E-state index in [1.807, 2.05) is 30.0 Å². The number of anilines is 2. The van der Waals surface area contributed by atoms with Gasteiger partial charge < -0.3 is 20.6 Å². The first kappa shape index (κ1) is 21.7. The highest BCUT2D eigenvalue weighted by molar-refractivity contribution is 5.98. The number of hydrogen-bond acceptors (Lipinski definition) is 6. The van der Waals surface area contributed by atoms with Gasteiger partial charge in [0, 0.05) is 48.6 Å². The fourth-order valence-electron chi connectivity index (χ4n) is 4.18. The van der Waals surface area contributed by atoms with Crippen molar-refractivity contribution < 1.29 is 14.7 Å². The number of nitrogens with zero attached hydrogens (tertiary/aromatic N) is 3. The molecule has 0 saturated carbocycles. The second-order valence-corrected chi connectivity index (χ2v) is 7.62. The lowest BCUT2D eigenvalue weighted by molar-refractivity contribution is -0.117. The van der Waals surface area contributed by atoms with Crippen LogP contribution in [-0.2, 0) is 4.79 Å². The number of hydrogen-bond donors (Lipinski definition) is 3. The maximum atomic E-state index is 12.5. The molecule has 3 atom stereocenters. The summed E-state index contributed by atoms with van der Waals surface area (Å²) in [6, 6.07) is 7.02. The quantitative estimate of drug-likeness (QED) is 0.674. The fourth-order valence-corrected chi connectivity index (χ4v) is 4.18. The Morgan fingerprint density at radius 1 is 1.27 bits per heavy atom. The molecular formula is C22H29N5O3. The van der Waals surface area contributed by atoms with Crippen LogP contribution in [0.25, 0.3) is 0 Å². The second kappa shape index (κ2) is 9.21. The Labute approximate surface area is 176 Å². The van der Waals surface area contributed by atoms with Crippen LogP contribution >= 0.6 is 0 Å². The zero-order valence-electron chi connectivity index (χ0n) is 17.8. The molecule has 0 spiro atoms. The van der Waals surface area contributed by atoms with E-state index in [4.69, 9.17) is 5.11 Å². The summed E-state index contributed by atoms with van der Waals surface area (Å²) in [7, 11) is 0. The molecule has 1 aliphatic rings. The molecule has 160 valence electrons. The normalized spacial score (nSPS) is 20.4. The number of fused-ring (bicyclic) bond motifs is 1. The molecule has 3 N–H and O–H groups in total. The molecule has 2 aromatic rings. The standard InChI is InChI=1S/C22H29N5O3/c1-5-18-14(3)20(26-22-24-9-8-13(2)25-22)17-12-16(21(30)23-10-11-28)6-7-19(17)27(18)15(4)29/h6-9,12,14,18,20,28H,5,10-11H2,1-4H3,(H,23,30)(H,24,25,26). The third kappa shape index (κ3) is 4.28. The van der Waals surface area contributed by atoms with Crippen molar-refractivity contribution in [3.05, 3.63) is 47.3 Å². The van der Waals surface area contributed by atoms with Crippen LogP contribution in [0.2, 0.25) is 0 Å². The first-order chi connectivity index (χ1) is 14.4. The van der Waals surface area contributed by atoms with Gasteiger partial charge in [-0.1, -0.05) is 13.8 Å². The van der Waals surface area contributed by atoms with Crippen LogP contribution in [0.4, 0.5) is 11.6 Å². The number of amides is 2. The number of aryl methyl sites for hydroxylation is 1. The molecule has 8 nitrogen and oxygen atoms in total. The Hall–Kier alpha value is -3.00. The van der Waals surface area contributed by atoms with Gasteiger partial charge >= 0.3 is 0 Å². The minimum Gasteiger partial charge on any atom is -0.395 e. The first-order valence-electron chi connectivity index (χ1n) is 10.3. The number of carbonyl (C=O) groups is 2. The highest BCUT2D eigenvalue weighted by atomic mass is 16.3. The highest BCUT2D eigenvalue weighted by Crippen LogP contribution is 2.43. The van der Waals surface area contributed by atoms with Gasteiger partial charge in [0.15, 0.2) is 0 Å². The van der Waals surface area contributed by atoms with E-state index in [0.717, 1.165) is 23.4 Å². The predicted molar refractivity (Wildman–Crippen MR) is 115 cm³/mol. The van der Waals surface area contributed by atoms with Crippen molar-refractivity contribution in [3.63, 3.8) is 0 Å². The maximum absolute atomic E-state index is 12.5. The topological polar surface area (TPSA) is 107 Å². The van der Waals surface area contributed by atoms with Crippen LogP contribution in [0, 0.1) is 12.8 Å². The van der Waals surface area contributed by atoms with Gasteiger partial charge in [-0.2, -0.15) is 0 Å². The van der Waals surface area contributed by atoms with E-state index in [9.17, 15) is 9.59 Å². The summed E-state index contributed by atoms with van der Waals surface area (Å²) in [5.41, 5.74) is 2.97. The Bertz CT molecular complexity index is 933. The summed E-state index contributed by atoms with van der Waals surface area (Å²) in [5.74, 6) is 0.278. The number of nitrogens with one attached hydrogen (secondary N) is 2. The Kier molecular flexibility index (Phi) is 6.66. The Morgan fingerprint density at radius 3 is 2.67 bits per heavy atom. The molecule has 0 saturated heterocycles. The van der Waals surface area contributed by atoms with Crippen molar-refractivity contribution in [2.24, 2.45) is 5.92 Å². The first-order valence-corrected chi connectivity index (χ1v) is 10.3. The van der Waals surface area contributed by atoms with Crippen LogP contribution in [0.3, 0.4) is 0 Å². The highest BCUT2D eigenvalue weighted by Gasteiger charge is 2.40. The number of carbonyl (C=O) groups excluding carboxylic acids is 2. The van der Waals surface area contributed by atoms with Gasteiger partial charge in [0.2, 0.25) is 11.9 Å². The molecule has 1 aliphatic heterocycles. The molecule has 1 aromatic carbocycles. The third-order valence-corrected chi connectivity index (χ3v) is 5.58. The SMILES string of the molecule is CCC1C(C)C(Nc2nccc(C)n2)c2cc(C(=O)NCCO)ccc2N1C(C)=O. The number of aliphatic hydroxyl groups is 1. The summed E-state index contributed by atoms with van der Waals surface area (Å²) in [6.07, 6.45) is 2.50. The molecule has 1 aromatic heterocycles. The predicted octanol–water partition coefficient (Wildman–Crippen LogP) is 2.44. The summed E-state index contributed by atoms with van der Waals surface area (Å²) in [6.45, 7) is 7.69. The van der Waals surface area contributed by atoms with Crippen molar-refractivity contribution in [1.82, 2.24) is 15.3 Å². The van der Waals surface area contributed by atoms with Gasteiger partial charge in [0.1, 0.15) is 0 Å². The van der Waals surface area contributed by atoms with Gasteiger partial charge in [0.05, 0.1) is 12.6 Å². The van der Waals surface area contributed by atoms with Crippen LogP contribution in [0.5, 0.6) is 0 Å². The summed E-state index contributed by atoms with van der Waals surface area (Å²) in [5, 5.41) is 15.1. The van der Waals surface area contributed by atoms with E-state index >= 15 is 0 Å². The number of rotatable bonds is 6. The average molecular weight is 412 g/mol. The van der Waals surface area contributed by atoms with Gasteiger partial charge in [-0.15, -0.1) is 0 Å². The summed E-state index contributed by atoms with van der Waals surface area (Å²) in [4.78, 5) is 35.6. The van der Waals surface area contributed by atoms with E-state index in [1.54, 1.807) is 19.2 Å². The number of benzene rings is 1. The Balaban J connectivity index is 2.08. The molecular weight excluding hydrogens is 382 g/mol. The lowest BCUT2D eigenvalue weighted by Crippen LogP contribution is -2.49. The van der Waals surface area contributed by atoms with Crippen LogP contribution in [-0.4, -0.2) is 46.1 Å². The fraction of sp³-hybridized carbons (Fsp3) is 0.455. The molecule has 3 rings (SSSR count). The molecule has 2 heterocycles. The third-order valence-electron chi connectivity index (χ3n) is 5.58. The molecule has 0 fully saturated rings. The lowest BCUT2D eigenvalue weighted by Gasteiger charge is -2.45. The zero-order valence-corrected chi connectivity index (χ0v) is 17.8. The molecule has 30 heavy (non-hydrogen) atoms. The zero-order chi connectivity index (χ0) is 21.8. The van der Waals surface area contributed by atoms with Gasteiger partial charge in [-0.25, -0.2) is 9.97 Å². The van der Waals surface area contributed by atoms with Crippen molar-refractivity contribution in [3.8, 4) is 0 Å². The Morgan fingerprint density at radius 2 is 2.03 bits per heavy atom. The molecule has 0 radical (unpaired) electrons. The van der Waals surface area contributed by atoms with Crippen molar-refractivity contribution >= 4 is 23.5 Å². The van der Waals surface area contributed by atoms with Crippen LogP contribution in [0.15, 0.2) is 30.5 Å². The van der Waals surface area contributed by atoms with Gasteiger partial charge in [-0.3, -0.25) is 9.59 Å². The summed E-state index contributed by atoms with van der Waals surface area (Å²) >= 11 is 0. The molecule has 3 unspecified atom stereocenters. The molecule has 0 aliphatic carbocycles. The van der Waals surface area contributed by atoms with Crippen molar-refractivity contribution in [1.29, 1.82) is 0 Å². The monoisotopic (exact) mass is 411 g/mol. The van der Waals surface area contributed by atoms with E-state index in [2.05, 4.69) is 34.4 Å². The average Bonchev–Trinajstić information content (AvgIpc) is 2.72. The largest absolute Gasteiger partial charge is 0.395 e. The lowest BCUT2D eigenvalue weighted by atomic mass is 9.80. The van der Waals surface area contributed by atoms with Crippen molar-refractivity contribution in [2.45, 2.75) is 46.2 Å². The smallest absolute Gasteiger partial charge is 0.251 e. The molecule has 8 heteroatoms. The van der Waals surface area contributed by atoms with E-state index in [0.29, 0.717) is 11.5 Å². The van der Waals surface area contributed by atoms with Crippen molar-refractivity contribution in [2.75, 3.05) is 23.4 Å². The van der Waals surface area contributed by atoms with E-state index in [1.165, 1.54) is 0 Å². The van der Waals surface area contributed by atoms with E-state index in [-0.39, 0.29) is 43.0 Å². The van der Waals surface area contributed by atoms with Crippen LogP contribution < -0.4 is 15.5 Å². The minimum atomic E-state index is -0.267. The summed E-state index contributed by atoms with van der Waals surface area (Å²) < 4.78 is 0. The number of aromatic nitrogens is 2. The maximum Gasteiger partial charge on any atom is 0.251 e. The van der Waals surface area contributed by atoms with E-state index < -0.39 is 0 Å². The molecule has 2 amide bonds. The number of aliphatic hydroxyl groups excluding tert-OH is 1. The molecule has 0 bridgehead atoms. The van der Waals surface area contributed by atoms with Gasteiger partial charge in [-0.05, 0) is 43.2 Å². The minimum absolute atomic E-state index is 0.00590. The van der Waals surface area contributed by atoms with Gasteiger partial charge in [0.25, 0.3) is 5.91 Å². The van der Waals surface area contributed by atoms with Crippen LogP contribution in [0.1, 0.15) is 54.8 Å².